The van der Waals surface area contributed by atoms with Crippen molar-refractivity contribution in [2.45, 2.75) is 54.9 Å². The molecule has 2 aliphatic rings. The van der Waals surface area contributed by atoms with Gasteiger partial charge in [0, 0.05) is 29.1 Å². The van der Waals surface area contributed by atoms with Crippen LogP contribution >= 0.6 is 11.8 Å². The summed E-state index contributed by atoms with van der Waals surface area (Å²) in [6, 6.07) is 13.5. The number of likely N-dealkylation sites (tertiary alicyclic amines) is 1. The molecule has 7 nitrogen and oxygen atoms in total. The number of thioether (sulfide) groups is 1. The number of carbonyl (C=O) groups excluding carboxylic acids is 1. The average molecular weight is 525 g/mol. The van der Waals surface area contributed by atoms with E-state index >= 15 is 0 Å². The molecule has 1 amide bonds. The predicted octanol–water partition coefficient (Wildman–Crippen LogP) is 4.39. The van der Waals surface area contributed by atoms with Crippen LogP contribution in [0.5, 0.6) is 0 Å². The van der Waals surface area contributed by atoms with Gasteiger partial charge in [-0.15, -0.1) is 11.8 Å². The second kappa shape index (κ2) is 10.5. The van der Waals surface area contributed by atoms with E-state index in [0.717, 1.165) is 49.3 Å². The van der Waals surface area contributed by atoms with E-state index in [1.807, 2.05) is 6.20 Å². The van der Waals surface area contributed by atoms with Crippen LogP contribution in [0.4, 0.5) is 5.69 Å². The number of hydrogen-bond acceptors (Lipinski definition) is 6. The molecule has 1 atom stereocenters. The number of aryl methyl sites for hydroxylation is 1. The lowest BCUT2D eigenvalue weighted by Crippen LogP contribution is -2.45. The van der Waals surface area contributed by atoms with E-state index in [2.05, 4.69) is 58.0 Å². The molecule has 1 saturated heterocycles. The summed E-state index contributed by atoms with van der Waals surface area (Å²) in [5.74, 6) is 0.590. The number of rotatable bonds is 7. The van der Waals surface area contributed by atoms with E-state index in [-0.39, 0.29) is 16.8 Å². The van der Waals surface area contributed by atoms with Gasteiger partial charge in [0.25, 0.3) is 0 Å². The number of aromatic nitrogens is 1. The van der Waals surface area contributed by atoms with Crippen LogP contribution in [0.1, 0.15) is 43.7 Å². The molecule has 2 aromatic carbocycles. The summed E-state index contributed by atoms with van der Waals surface area (Å²) in [6.07, 6.45) is 4.46. The number of anilines is 1. The largest absolute Gasteiger partial charge is 0.324 e. The van der Waals surface area contributed by atoms with Crippen LogP contribution in [0.2, 0.25) is 0 Å². The monoisotopic (exact) mass is 524 g/mol. The molecule has 1 unspecified atom stereocenters. The Morgan fingerprint density at radius 3 is 2.78 bits per heavy atom. The minimum atomic E-state index is -3.66. The SMILES string of the molecule is CCc1cnc2cccc(C(C)CN3CCC(NS(=O)(=O)c4ccc5c(c4)NC(=O)CS5)CC3)c2c1. The predicted molar refractivity (Wildman–Crippen MR) is 145 cm³/mol. The molecule has 1 aromatic heterocycles. The van der Waals surface area contributed by atoms with Crippen LogP contribution in [0.15, 0.2) is 58.5 Å². The zero-order valence-electron chi connectivity index (χ0n) is 20.7. The molecule has 5 rings (SSSR count). The highest BCUT2D eigenvalue weighted by Crippen LogP contribution is 2.33. The van der Waals surface area contributed by atoms with Crippen LogP contribution in [-0.4, -0.2) is 55.6 Å². The van der Waals surface area contributed by atoms with Crippen molar-refractivity contribution < 1.29 is 13.2 Å². The normalized spacial score (nSPS) is 18.1. The summed E-state index contributed by atoms with van der Waals surface area (Å²) in [5, 5.41) is 4.00. The fourth-order valence-corrected chi connectivity index (χ4v) is 7.19. The third kappa shape index (κ3) is 5.44. The summed E-state index contributed by atoms with van der Waals surface area (Å²) in [4.78, 5) is 19.8. The molecule has 190 valence electrons. The van der Waals surface area contributed by atoms with Gasteiger partial charge in [-0.3, -0.25) is 9.78 Å². The molecule has 0 radical (unpaired) electrons. The van der Waals surface area contributed by atoms with Crippen molar-refractivity contribution in [3.05, 3.63) is 59.8 Å². The molecule has 3 heterocycles. The lowest BCUT2D eigenvalue weighted by molar-refractivity contribution is -0.113. The maximum absolute atomic E-state index is 13.0. The molecule has 0 spiro atoms. The van der Waals surface area contributed by atoms with E-state index in [0.29, 0.717) is 17.4 Å². The first kappa shape index (κ1) is 25.2. The van der Waals surface area contributed by atoms with Crippen molar-refractivity contribution >= 4 is 44.3 Å². The molecular weight excluding hydrogens is 492 g/mol. The van der Waals surface area contributed by atoms with E-state index in [1.54, 1.807) is 18.2 Å². The number of nitrogens with one attached hydrogen (secondary N) is 2. The summed E-state index contributed by atoms with van der Waals surface area (Å²) in [5.41, 5.74) is 4.16. The van der Waals surface area contributed by atoms with Gasteiger partial charge in [-0.25, -0.2) is 13.1 Å². The third-order valence-electron chi connectivity index (χ3n) is 7.09. The third-order valence-corrected chi connectivity index (χ3v) is 9.68. The zero-order chi connectivity index (χ0) is 25.3. The van der Waals surface area contributed by atoms with Crippen molar-refractivity contribution in [3.8, 4) is 0 Å². The highest BCUT2D eigenvalue weighted by Gasteiger charge is 2.27. The molecule has 2 N–H and O–H groups in total. The van der Waals surface area contributed by atoms with Gasteiger partial charge in [-0.1, -0.05) is 26.0 Å². The summed E-state index contributed by atoms with van der Waals surface area (Å²) in [7, 11) is -3.66. The molecule has 9 heteroatoms. The van der Waals surface area contributed by atoms with Gasteiger partial charge in [0.15, 0.2) is 0 Å². The quantitative estimate of drug-likeness (QED) is 0.477. The second-order valence-electron chi connectivity index (χ2n) is 9.70. The van der Waals surface area contributed by atoms with Crippen LogP contribution in [0, 0.1) is 0 Å². The van der Waals surface area contributed by atoms with Crippen molar-refractivity contribution in [1.29, 1.82) is 0 Å². The smallest absolute Gasteiger partial charge is 0.240 e. The van der Waals surface area contributed by atoms with Crippen molar-refractivity contribution in [2.75, 3.05) is 30.7 Å². The first-order chi connectivity index (χ1) is 17.3. The van der Waals surface area contributed by atoms with E-state index in [1.165, 1.54) is 28.3 Å². The summed E-state index contributed by atoms with van der Waals surface area (Å²) < 4.78 is 29.0. The first-order valence-corrected chi connectivity index (χ1v) is 15.0. The standard InChI is InChI=1S/C27H32N4O3S2/c1-3-19-13-23-22(5-4-6-24(23)28-15-19)18(2)16-31-11-9-20(10-12-31)30-36(33,34)21-7-8-26-25(14-21)29-27(32)17-35-26/h4-8,13-15,18,20,30H,3,9-12,16-17H2,1-2H3,(H,29,32). The van der Waals surface area contributed by atoms with Crippen LogP contribution in [-0.2, 0) is 21.2 Å². The van der Waals surface area contributed by atoms with Crippen LogP contribution in [0.25, 0.3) is 10.9 Å². The number of nitrogens with zero attached hydrogens (tertiary/aromatic N) is 2. The summed E-state index contributed by atoms with van der Waals surface area (Å²) >= 11 is 1.42. The highest BCUT2D eigenvalue weighted by atomic mass is 32.2. The highest BCUT2D eigenvalue weighted by molar-refractivity contribution is 8.00. The number of fused-ring (bicyclic) bond motifs is 2. The Labute approximate surface area is 217 Å². The topological polar surface area (TPSA) is 91.4 Å². The number of amides is 1. The van der Waals surface area contributed by atoms with Crippen molar-refractivity contribution in [2.24, 2.45) is 0 Å². The number of sulfonamides is 1. The fraction of sp³-hybridized carbons (Fsp3) is 0.407. The summed E-state index contributed by atoms with van der Waals surface area (Å²) in [6.45, 7) is 7.03. The minimum absolute atomic E-state index is 0.101. The van der Waals surface area contributed by atoms with Gasteiger partial charge in [-0.2, -0.15) is 0 Å². The number of hydrogen-bond donors (Lipinski definition) is 2. The number of benzene rings is 2. The number of piperidine rings is 1. The van der Waals surface area contributed by atoms with Gasteiger partial charge in [0.05, 0.1) is 21.9 Å². The Kier molecular flexibility index (Phi) is 7.35. The molecule has 1 fully saturated rings. The maximum atomic E-state index is 13.0. The van der Waals surface area contributed by atoms with Crippen molar-refractivity contribution in [3.63, 3.8) is 0 Å². The lowest BCUT2D eigenvalue weighted by Gasteiger charge is -2.34. The lowest BCUT2D eigenvalue weighted by atomic mass is 9.94. The molecule has 0 bridgehead atoms. The Morgan fingerprint density at radius 2 is 2.00 bits per heavy atom. The van der Waals surface area contributed by atoms with Crippen molar-refractivity contribution in [1.82, 2.24) is 14.6 Å². The molecular formula is C27H32N4O3S2. The van der Waals surface area contributed by atoms with Gasteiger partial charge >= 0.3 is 0 Å². The molecule has 0 saturated carbocycles. The number of carbonyl (C=O) groups is 1. The van der Waals surface area contributed by atoms with Gasteiger partial charge in [0.1, 0.15) is 0 Å². The average Bonchev–Trinajstić information content (AvgIpc) is 2.88. The first-order valence-electron chi connectivity index (χ1n) is 12.5. The zero-order valence-corrected chi connectivity index (χ0v) is 22.3. The number of pyridine rings is 1. The fourth-order valence-electron chi connectivity index (χ4n) is 5.07. The minimum Gasteiger partial charge on any atom is -0.324 e. The molecule has 3 aromatic rings. The Balaban J connectivity index is 1.20. The molecule has 0 aliphatic carbocycles. The van der Waals surface area contributed by atoms with Crippen LogP contribution in [0.3, 0.4) is 0 Å². The van der Waals surface area contributed by atoms with Gasteiger partial charge in [0.2, 0.25) is 15.9 Å². The maximum Gasteiger partial charge on any atom is 0.240 e. The Bertz CT molecular complexity index is 1390. The van der Waals surface area contributed by atoms with E-state index in [9.17, 15) is 13.2 Å². The van der Waals surface area contributed by atoms with E-state index < -0.39 is 10.0 Å². The second-order valence-corrected chi connectivity index (χ2v) is 12.4. The van der Waals surface area contributed by atoms with Crippen LogP contribution < -0.4 is 10.0 Å². The van der Waals surface area contributed by atoms with Gasteiger partial charge in [-0.05, 0) is 79.7 Å². The molecule has 2 aliphatic heterocycles. The van der Waals surface area contributed by atoms with Gasteiger partial charge < -0.3 is 10.2 Å². The van der Waals surface area contributed by atoms with E-state index in [4.69, 9.17) is 0 Å². The Morgan fingerprint density at radius 1 is 1.19 bits per heavy atom. The molecule has 36 heavy (non-hydrogen) atoms. The Hall–Kier alpha value is -2.46.